The minimum Gasteiger partial charge on any atom is -0.326 e. The van der Waals surface area contributed by atoms with Crippen molar-refractivity contribution < 1.29 is 17.2 Å². The highest BCUT2D eigenvalue weighted by atomic mass is 32.2. The summed E-state index contributed by atoms with van der Waals surface area (Å²) in [6.07, 6.45) is 2.53. The van der Waals surface area contributed by atoms with Gasteiger partial charge in [0, 0.05) is 18.2 Å². The normalized spacial score (nSPS) is 13.4. The van der Waals surface area contributed by atoms with Gasteiger partial charge in [0.05, 0.1) is 0 Å². The molecule has 8 heteroatoms. The molecule has 1 aromatic carbocycles. The molecule has 0 aliphatic carbocycles. The molecule has 1 atom stereocenters. The molecule has 3 N–H and O–H groups in total. The number of nitrogens with one attached hydrogen (secondary N) is 1. The lowest BCUT2D eigenvalue weighted by Gasteiger charge is -2.15. The van der Waals surface area contributed by atoms with Gasteiger partial charge in [0.25, 0.3) is 0 Å². The van der Waals surface area contributed by atoms with Gasteiger partial charge in [-0.05, 0) is 37.5 Å². The number of rotatable bonds is 7. The molecule has 0 aliphatic rings. The lowest BCUT2D eigenvalue weighted by atomic mass is 10.2. The van der Waals surface area contributed by atoms with Crippen molar-refractivity contribution in [1.29, 1.82) is 0 Å². The second kappa shape index (κ2) is 7.35. The maximum absolute atomic E-state index is 14.0. The molecular formula is C12H18F2N2O2S2. The summed E-state index contributed by atoms with van der Waals surface area (Å²) in [5.74, 6) is -1.19. The van der Waals surface area contributed by atoms with Gasteiger partial charge in [0.15, 0.2) is 5.82 Å². The van der Waals surface area contributed by atoms with Crippen molar-refractivity contribution in [2.24, 2.45) is 5.73 Å². The Morgan fingerprint density at radius 1 is 1.40 bits per heavy atom. The second-order valence-electron chi connectivity index (χ2n) is 4.35. The summed E-state index contributed by atoms with van der Waals surface area (Å²) in [5.41, 5.74) is 4.81. The van der Waals surface area contributed by atoms with Gasteiger partial charge >= 0.3 is 0 Å². The van der Waals surface area contributed by atoms with Gasteiger partial charge in [0.2, 0.25) is 10.0 Å². The van der Waals surface area contributed by atoms with Gasteiger partial charge in [-0.15, -0.1) is 0 Å². The molecule has 0 spiro atoms. The SMILES string of the molecule is CSCCC(C)NS(=O)(=O)c1ccc(F)c(CN)c1F. The van der Waals surface area contributed by atoms with E-state index in [1.807, 2.05) is 6.26 Å². The van der Waals surface area contributed by atoms with E-state index in [1.54, 1.807) is 18.7 Å². The molecule has 0 bridgehead atoms. The number of sulfonamides is 1. The molecule has 1 rings (SSSR count). The smallest absolute Gasteiger partial charge is 0.243 e. The van der Waals surface area contributed by atoms with Gasteiger partial charge in [-0.25, -0.2) is 21.9 Å². The zero-order valence-corrected chi connectivity index (χ0v) is 13.0. The quantitative estimate of drug-likeness (QED) is 0.803. The van der Waals surface area contributed by atoms with E-state index in [9.17, 15) is 17.2 Å². The summed E-state index contributed by atoms with van der Waals surface area (Å²) >= 11 is 1.59. The van der Waals surface area contributed by atoms with Crippen molar-refractivity contribution in [3.05, 3.63) is 29.3 Å². The standard InChI is InChI=1S/C12H18F2N2O2S2/c1-8(5-6-19-2)16-20(17,18)11-4-3-10(13)9(7-15)12(11)14/h3-4,8,16H,5-7,15H2,1-2H3. The summed E-state index contributed by atoms with van der Waals surface area (Å²) in [6, 6.07) is 1.48. The fourth-order valence-corrected chi connectivity index (χ4v) is 3.62. The molecule has 4 nitrogen and oxygen atoms in total. The van der Waals surface area contributed by atoms with E-state index < -0.39 is 38.7 Å². The highest BCUT2D eigenvalue weighted by Gasteiger charge is 2.24. The molecule has 0 saturated heterocycles. The van der Waals surface area contributed by atoms with Crippen molar-refractivity contribution in [2.75, 3.05) is 12.0 Å². The summed E-state index contributed by atoms with van der Waals surface area (Å²) in [6.45, 7) is 1.29. The third-order valence-corrected chi connectivity index (χ3v) is 5.01. The third kappa shape index (κ3) is 4.15. The van der Waals surface area contributed by atoms with Crippen LogP contribution in [0.5, 0.6) is 0 Å². The molecule has 0 aliphatic heterocycles. The Bertz CT molecular complexity index is 565. The fourth-order valence-electron chi connectivity index (χ4n) is 1.65. The molecule has 0 radical (unpaired) electrons. The number of hydrogen-bond donors (Lipinski definition) is 2. The zero-order valence-electron chi connectivity index (χ0n) is 11.3. The fraction of sp³-hybridized carbons (Fsp3) is 0.500. The Morgan fingerprint density at radius 3 is 2.60 bits per heavy atom. The van der Waals surface area contributed by atoms with Crippen molar-refractivity contribution in [3.8, 4) is 0 Å². The summed E-state index contributed by atoms with van der Waals surface area (Å²) in [4.78, 5) is -0.574. The molecule has 0 aromatic heterocycles. The first kappa shape index (κ1) is 17.4. The first-order valence-corrected chi connectivity index (χ1v) is 8.89. The molecule has 1 aromatic rings. The average Bonchev–Trinajstić information content (AvgIpc) is 2.36. The highest BCUT2D eigenvalue weighted by molar-refractivity contribution is 7.98. The van der Waals surface area contributed by atoms with Crippen LogP contribution in [0.1, 0.15) is 18.9 Å². The van der Waals surface area contributed by atoms with E-state index >= 15 is 0 Å². The van der Waals surface area contributed by atoms with Crippen LogP contribution in [0.3, 0.4) is 0 Å². The van der Waals surface area contributed by atoms with Gasteiger partial charge in [0.1, 0.15) is 10.7 Å². The van der Waals surface area contributed by atoms with Crippen molar-refractivity contribution >= 4 is 21.8 Å². The maximum Gasteiger partial charge on any atom is 0.243 e. The van der Waals surface area contributed by atoms with Gasteiger partial charge < -0.3 is 5.73 Å². The van der Waals surface area contributed by atoms with Crippen LogP contribution in [0, 0.1) is 11.6 Å². The topological polar surface area (TPSA) is 72.2 Å². The van der Waals surface area contributed by atoms with Crippen LogP contribution >= 0.6 is 11.8 Å². The monoisotopic (exact) mass is 324 g/mol. The van der Waals surface area contributed by atoms with E-state index in [1.165, 1.54) is 0 Å². The number of benzene rings is 1. The minimum atomic E-state index is -4.03. The van der Waals surface area contributed by atoms with Crippen LogP contribution in [0.4, 0.5) is 8.78 Å². The molecular weight excluding hydrogens is 306 g/mol. The Kier molecular flexibility index (Phi) is 6.38. The number of nitrogens with two attached hydrogens (primary N) is 1. The molecule has 20 heavy (non-hydrogen) atoms. The predicted molar refractivity (Wildman–Crippen MR) is 77.0 cm³/mol. The van der Waals surface area contributed by atoms with Crippen molar-refractivity contribution in [1.82, 2.24) is 4.72 Å². The Balaban J connectivity index is 3.04. The summed E-state index contributed by atoms with van der Waals surface area (Å²) in [5, 5.41) is 0. The van der Waals surface area contributed by atoms with Crippen LogP contribution in [-0.2, 0) is 16.6 Å². The lowest BCUT2D eigenvalue weighted by molar-refractivity contribution is 0.519. The van der Waals surface area contributed by atoms with Crippen LogP contribution in [0.15, 0.2) is 17.0 Å². The van der Waals surface area contributed by atoms with Gasteiger partial charge in [-0.2, -0.15) is 11.8 Å². The molecule has 1 unspecified atom stereocenters. The molecule has 0 saturated carbocycles. The van der Waals surface area contributed by atoms with Crippen molar-refractivity contribution in [2.45, 2.75) is 30.8 Å². The number of thioether (sulfide) groups is 1. The van der Waals surface area contributed by atoms with E-state index in [-0.39, 0.29) is 6.04 Å². The van der Waals surface area contributed by atoms with Crippen LogP contribution < -0.4 is 10.5 Å². The highest BCUT2D eigenvalue weighted by Crippen LogP contribution is 2.21. The molecule has 114 valence electrons. The maximum atomic E-state index is 14.0. The minimum absolute atomic E-state index is 0.335. The van der Waals surface area contributed by atoms with E-state index in [4.69, 9.17) is 5.73 Å². The Hall–Kier alpha value is -0.700. The molecule has 0 fully saturated rings. The predicted octanol–water partition coefficient (Wildman–Crippen LogP) is 1.84. The second-order valence-corrected chi connectivity index (χ2v) is 7.01. The summed E-state index contributed by atoms with van der Waals surface area (Å²) in [7, 11) is -4.03. The number of halogens is 2. The van der Waals surface area contributed by atoms with Crippen LogP contribution in [0.2, 0.25) is 0 Å². The first-order valence-electron chi connectivity index (χ1n) is 6.01. The Labute approximate surface area is 122 Å². The number of hydrogen-bond acceptors (Lipinski definition) is 4. The summed E-state index contributed by atoms with van der Waals surface area (Å²) < 4.78 is 53.8. The van der Waals surface area contributed by atoms with Crippen molar-refractivity contribution in [3.63, 3.8) is 0 Å². The van der Waals surface area contributed by atoms with Crippen LogP contribution in [0.25, 0.3) is 0 Å². The average molecular weight is 324 g/mol. The van der Waals surface area contributed by atoms with E-state index in [0.717, 1.165) is 17.9 Å². The molecule has 0 amide bonds. The Morgan fingerprint density at radius 2 is 2.05 bits per heavy atom. The van der Waals surface area contributed by atoms with E-state index in [0.29, 0.717) is 6.42 Å². The largest absolute Gasteiger partial charge is 0.326 e. The lowest BCUT2D eigenvalue weighted by Crippen LogP contribution is -2.33. The third-order valence-electron chi connectivity index (χ3n) is 2.76. The van der Waals surface area contributed by atoms with Gasteiger partial charge in [-0.1, -0.05) is 0 Å². The molecule has 0 heterocycles. The first-order chi connectivity index (χ1) is 9.33. The van der Waals surface area contributed by atoms with Gasteiger partial charge in [-0.3, -0.25) is 0 Å². The zero-order chi connectivity index (χ0) is 15.3. The van der Waals surface area contributed by atoms with Crippen LogP contribution in [-0.4, -0.2) is 26.5 Å². The van der Waals surface area contributed by atoms with E-state index in [2.05, 4.69) is 4.72 Å².